The van der Waals surface area contributed by atoms with Gasteiger partial charge >= 0.3 is 0 Å². The van der Waals surface area contributed by atoms with Gasteiger partial charge in [-0.25, -0.2) is 8.42 Å². The van der Waals surface area contributed by atoms with Crippen molar-refractivity contribution in [3.63, 3.8) is 0 Å². The fourth-order valence-electron chi connectivity index (χ4n) is 2.50. The molecule has 0 aliphatic rings. The first-order valence-electron chi connectivity index (χ1n) is 7.34. The Balaban J connectivity index is 1.88. The number of hydrogen-bond donors (Lipinski definition) is 1. The molecule has 0 saturated carbocycles. The quantitative estimate of drug-likeness (QED) is 0.792. The lowest BCUT2D eigenvalue weighted by molar-refractivity contribution is 0.102. The van der Waals surface area contributed by atoms with E-state index in [9.17, 15) is 13.2 Å². The molecule has 0 aliphatic carbocycles. The van der Waals surface area contributed by atoms with E-state index in [1.54, 1.807) is 36.5 Å². The molecule has 0 spiro atoms. The molecule has 3 aromatic rings. The molecule has 1 N–H and O–H groups in total. The molecule has 0 unspecified atom stereocenters. The monoisotopic (exact) mass is 340 g/mol. The zero-order valence-corrected chi connectivity index (χ0v) is 13.9. The first-order chi connectivity index (χ1) is 11.4. The highest BCUT2D eigenvalue weighted by Gasteiger charge is 2.11. The van der Waals surface area contributed by atoms with Gasteiger partial charge in [0.05, 0.1) is 17.0 Å². The summed E-state index contributed by atoms with van der Waals surface area (Å²) in [5.74, 6) is -0.396. The second-order valence-corrected chi connectivity index (χ2v) is 7.75. The fourth-order valence-corrected chi connectivity index (χ4v) is 3.29. The van der Waals surface area contributed by atoms with Crippen molar-refractivity contribution in [2.45, 2.75) is 5.75 Å². The highest BCUT2D eigenvalue weighted by Crippen LogP contribution is 2.21. The largest absolute Gasteiger partial charge is 0.320 e. The van der Waals surface area contributed by atoms with Crippen LogP contribution in [-0.2, 0) is 15.6 Å². The maximum Gasteiger partial charge on any atom is 0.255 e. The summed E-state index contributed by atoms with van der Waals surface area (Å²) >= 11 is 0. The number of amides is 1. The number of nitrogens with zero attached hydrogens (tertiary/aromatic N) is 1. The molecule has 24 heavy (non-hydrogen) atoms. The van der Waals surface area contributed by atoms with Crippen LogP contribution in [0.2, 0.25) is 0 Å². The van der Waals surface area contributed by atoms with Gasteiger partial charge in [-0.15, -0.1) is 0 Å². The molecule has 0 saturated heterocycles. The SMILES string of the molecule is CS(=O)(=O)Cc1cccc(C(=O)Nc2cccc3cccnc23)c1. The maximum absolute atomic E-state index is 12.5. The molecule has 0 bridgehead atoms. The van der Waals surface area contributed by atoms with Gasteiger partial charge in [-0.2, -0.15) is 0 Å². The van der Waals surface area contributed by atoms with Gasteiger partial charge in [0.25, 0.3) is 5.91 Å². The van der Waals surface area contributed by atoms with Crippen molar-refractivity contribution in [3.8, 4) is 0 Å². The third-order valence-corrected chi connectivity index (χ3v) is 4.36. The van der Waals surface area contributed by atoms with E-state index in [1.807, 2.05) is 24.3 Å². The average Bonchev–Trinajstić information content (AvgIpc) is 2.54. The number of pyridine rings is 1. The molecule has 6 heteroatoms. The average molecular weight is 340 g/mol. The highest BCUT2D eigenvalue weighted by atomic mass is 32.2. The molecule has 0 fully saturated rings. The van der Waals surface area contributed by atoms with E-state index < -0.39 is 9.84 Å². The first-order valence-corrected chi connectivity index (χ1v) is 9.40. The first kappa shape index (κ1) is 16.1. The van der Waals surface area contributed by atoms with Gasteiger partial charge in [0.1, 0.15) is 0 Å². The summed E-state index contributed by atoms with van der Waals surface area (Å²) in [7, 11) is -3.15. The molecule has 3 rings (SSSR count). The van der Waals surface area contributed by atoms with E-state index in [0.29, 0.717) is 22.3 Å². The van der Waals surface area contributed by atoms with E-state index in [1.165, 1.54) is 6.26 Å². The van der Waals surface area contributed by atoms with Crippen LogP contribution in [0.5, 0.6) is 0 Å². The number of sulfone groups is 1. The van der Waals surface area contributed by atoms with Crippen LogP contribution in [0.4, 0.5) is 5.69 Å². The summed E-state index contributed by atoms with van der Waals surface area (Å²) in [4.78, 5) is 16.8. The van der Waals surface area contributed by atoms with Crippen molar-refractivity contribution < 1.29 is 13.2 Å². The number of rotatable bonds is 4. The summed E-state index contributed by atoms with van der Waals surface area (Å²) in [5, 5.41) is 3.77. The Labute approximate surface area is 140 Å². The summed E-state index contributed by atoms with van der Waals surface area (Å²) in [6.45, 7) is 0. The van der Waals surface area contributed by atoms with Crippen LogP contribution in [0.3, 0.4) is 0 Å². The third-order valence-electron chi connectivity index (χ3n) is 3.50. The number of aromatic nitrogens is 1. The molecule has 1 aromatic heterocycles. The van der Waals surface area contributed by atoms with E-state index in [2.05, 4.69) is 10.3 Å². The maximum atomic E-state index is 12.5. The fraction of sp³-hybridized carbons (Fsp3) is 0.111. The number of anilines is 1. The van der Waals surface area contributed by atoms with Crippen molar-refractivity contribution in [2.75, 3.05) is 11.6 Å². The van der Waals surface area contributed by atoms with Crippen molar-refractivity contribution in [2.24, 2.45) is 0 Å². The van der Waals surface area contributed by atoms with Crippen molar-refractivity contribution in [1.29, 1.82) is 0 Å². The summed E-state index contributed by atoms with van der Waals surface area (Å²) in [6, 6.07) is 15.9. The molecule has 0 atom stereocenters. The van der Waals surface area contributed by atoms with Crippen LogP contribution >= 0.6 is 0 Å². The lowest BCUT2D eigenvalue weighted by atomic mass is 10.1. The zero-order valence-electron chi connectivity index (χ0n) is 13.1. The lowest BCUT2D eigenvalue weighted by Gasteiger charge is -2.09. The van der Waals surface area contributed by atoms with E-state index >= 15 is 0 Å². The van der Waals surface area contributed by atoms with Crippen molar-refractivity contribution in [3.05, 3.63) is 71.9 Å². The van der Waals surface area contributed by atoms with E-state index in [4.69, 9.17) is 0 Å². The van der Waals surface area contributed by atoms with Gasteiger partial charge in [-0.05, 0) is 29.8 Å². The molecular weight excluding hydrogens is 324 g/mol. The number of nitrogens with one attached hydrogen (secondary N) is 1. The number of para-hydroxylation sites is 1. The van der Waals surface area contributed by atoms with E-state index in [-0.39, 0.29) is 11.7 Å². The standard InChI is InChI=1S/C18H16N2O3S/c1-24(22,23)12-13-5-2-7-15(11-13)18(21)20-16-9-3-6-14-8-4-10-19-17(14)16/h2-11H,12H2,1H3,(H,20,21). The second kappa shape index (κ2) is 6.41. The van der Waals surface area contributed by atoms with Gasteiger partial charge < -0.3 is 5.32 Å². The Morgan fingerprint density at radius 3 is 2.62 bits per heavy atom. The normalized spacial score (nSPS) is 11.4. The van der Waals surface area contributed by atoms with Crippen LogP contribution in [0, 0.1) is 0 Å². The Bertz CT molecular complexity index is 1010. The van der Waals surface area contributed by atoms with Crippen LogP contribution in [0.1, 0.15) is 15.9 Å². The van der Waals surface area contributed by atoms with Crippen LogP contribution in [0.25, 0.3) is 10.9 Å². The van der Waals surface area contributed by atoms with Crippen LogP contribution in [0.15, 0.2) is 60.8 Å². The van der Waals surface area contributed by atoms with Gasteiger partial charge in [0.15, 0.2) is 9.84 Å². The molecule has 1 heterocycles. The van der Waals surface area contributed by atoms with Gasteiger partial charge in [0.2, 0.25) is 0 Å². The van der Waals surface area contributed by atoms with Gasteiger partial charge in [-0.3, -0.25) is 9.78 Å². The van der Waals surface area contributed by atoms with Crippen LogP contribution < -0.4 is 5.32 Å². The van der Waals surface area contributed by atoms with Gasteiger partial charge in [-0.1, -0.05) is 30.3 Å². The number of fused-ring (bicyclic) bond motifs is 1. The molecule has 0 aliphatic heterocycles. The minimum atomic E-state index is -3.15. The Morgan fingerprint density at radius 2 is 1.83 bits per heavy atom. The second-order valence-electron chi connectivity index (χ2n) is 5.61. The minimum absolute atomic E-state index is 0.0933. The smallest absolute Gasteiger partial charge is 0.255 e. The predicted octanol–water partition coefficient (Wildman–Crippen LogP) is 3.03. The Hall–Kier alpha value is -2.73. The third kappa shape index (κ3) is 3.78. The van der Waals surface area contributed by atoms with E-state index in [0.717, 1.165) is 5.39 Å². The number of carbonyl (C=O) groups is 1. The number of benzene rings is 2. The van der Waals surface area contributed by atoms with Crippen molar-refractivity contribution in [1.82, 2.24) is 4.98 Å². The summed E-state index contributed by atoms with van der Waals surface area (Å²) in [5.41, 5.74) is 2.32. The Kier molecular flexibility index (Phi) is 4.31. The topological polar surface area (TPSA) is 76.1 Å². The highest BCUT2D eigenvalue weighted by molar-refractivity contribution is 7.89. The molecule has 122 valence electrons. The molecule has 1 amide bonds. The molecule has 0 radical (unpaired) electrons. The summed E-state index contributed by atoms with van der Waals surface area (Å²) < 4.78 is 22.8. The lowest BCUT2D eigenvalue weighted by Crippen LogP contribution is -2.13. The molecular formula is C18H16N2O3S. The number of carbonyl (C=O) groups excluding carboxylic acids is 1. The molecule has 2 aromatic carbocycles. The minimum Gasteiger partial charge on any atom is -0.320 e. The zero-order chi connectivity index (χ0) is 17.2. The summed E-state index contributed by atoms with van der Waals surface area (Å²) in [6.07, 6.45) is 2.84. The van der Waals surface area contributed by atoms with Crippen molar-refractivity contribution >= 4 is 32.3 Å². The van der Waals surface area contributed by atoms with Gasteiger partial charge in [0, 0.05) is 23.4 Å². The molecule has 5 nitrogen and oxygen atoms in total. The Morgan fingerprint density at radius 1 is 1.08 bits per heavy atom. The number of hydrogen-bond acceptors (Lipinski definition) is 4. The van der Waals surface area contributed by atoms with Crippen LogP contribution in [-0.4, -0.2) is 25.6 Å². The predicted molar refractivity (Wildman–Crippen MR) is 94.7 cm³/mol.